The molecule has 0 saturated carbocycles. The molecule has 0 spiro atoms. The second-order valence-electron chi connectivity index (χ2n) is 9.05. The van der Waals surface area contributed by atoms with Crippen molar-refractivity contribution in [2.24, 2.45) is 5.73 Å². The van der Waals surface area contributed by atoms with Crippen LogP contribution in [0.5, 0.6) is 0 Å². The van der Waals surface area contributed by atoms with Gasteiger partial charge in [-0.3, -0.25) is 30.8 Å². The lowest BCUT2D eigenvalue weighted by molar-refractivity contribution is -0.114. The number of aryl methyl sites for hydroxylation is 2. The van der Waals surface area contributed by atoms with Crippen molar-refractivity contribution in [2.45, 2.75) is 45.4 Å². The van der Waals surface area contributed by atoms with Crippen LogP contribution < -0.4 is 16.6 Å². The van der Waals surface area contributed by atoms with Gasteiger partial charge in [-0.15, -0.1) is 0 Å². The Kier molecular flexibility index (Phi) is 8.19. The average Bonchev–Trinajstić information content (AvgIpc) is 2.93. The fraction of sp³-hybridized carbons (Fsp3) is 0.333. The largest absolute Gasteiger partial charge is 0.396 e. The number of hydrazine groups is 1. The number of piperidine rings is 1. The van der Waals surface area contributed by atoms with Gasteiger partial charge < -0.3 is 5.73 Å². The van der Waals surface area contributed by atoms with Crippen molar-refractivity contribution in [2.75, 3.05) is 13.1 Å². The number of nitrogens with one attached hydrogen (secondary N) is 3. The summed E-state index contributed by atoms with van der Waals surface area (Å²) < 4.78 is 1.16. The van der Waals surface area contributed by atoms with Crippen LogP contribution >= 0.6 is 0 Å². The van der Waals surface area contributed by atoms with E-state index in [1.165, 1.54) is 12.5 Å². The SMILES string of the molecule is CCC(=O)C=C(N)C(=N)n1nc(CCc2ccc(C(=O)NN3CCCCC3)cn2)c2ccccc2c1=N. The molecule has 192 valence electrons. The molecule has 1 aliphatic heterocycles. The maximum absolute atomic E-state index is 12.5. The van der Waals surface area contributed by atoms with Crippen LogP contribution in [0.1, 0.15) is 54.4 Å². The minimum Gasteiger partial charge on any atom is -0.396 e. The first kappa shape index (κ1) is 25.9. The van der Waals surface area contributed by atoms with Gasteiger partial charge in [0.05, 0.1) is 17.0 Å². The van der Waals surface area contributed by atoms with E-state index in [9.17, 15) is 9.59 Å². The summed E-state index contributed by atoms with van der Waals surface area (Å²) in [4.78, 5) is 28.8. The van der Waals surface area contributed by atoms with E-state index >= 15 is 0 Å². The van der Waals surface area contributed by atoms with Gasteiger partial charge in [-0.25, -0.2) is 5.01 Å². The summed E-state index contributed by atoms with van der Waals surface area (Å²) in [6.45, 7) is 3.44. The summed E-state index contributed by atoms with van der Waals surface area (Å²) in [7, 11) is 0. The molecule has 1 aliphatic rings. The molecule has 1 aromatic carbocycles. The molecule has 1 saturated heterocycles. The minimum absolute atomic E-state index is 0.0202. The average molecular weight is 501 g/mol. The van der Waals surface area contributed by atoms with Crippen LogP contribution in [0, 0.1) is 10.8 Å². The Labute approximate surface area is 215 Å². The number of amides is 1. The molecule has 0 aliphatic carbocycles. The highest BCUT2D eigenvalue weighted by Gasteiger charge is 2.16. The van der Waals surface area contributed by atoms with Crippen LogP contribution in [0.3, 0.4) is 0 Å². The van der Waals surface area contributed by atoms with Crippen LogP contribution in [-0.2, 0) is 17.6 Å². The zero-order chi connectivity index (χ0) is 26.4. The third-order valence-corrected chi connectivity index (χ3v) is 6.40. The highest BCUT2D eigenvalue weighted by molar-refractivity contribution is 6.03. The number of carbonyl (C=O) groups excluding carboxylic acids is 2. The van der Waals surface area contributed by atoms with Gasteiger partial charge in [0.25, 0.3) is 5.91 Å². The van der Waals surface area contributed by atoms with Crippen LogP contribution in [0.25, 0.3) is 10.8 Å². The molecule has 2 aromatic heterocycles. The molecule has 0 radical (unpaired) electrons. The zero-order valence-electron chi connectivity index (χ0n) is 21.0. The summed E-state index contributed by atoms with van der Waals surface area (Å²) in [5, 5.41) is 25.0. The van der Waals surface area contributed by atoms with E-state index in [2.05, 4.69) is 15.5 Å². The van der Waals surface area contributed by atoms with Crippen molar-refractivity contribution < 1.29 is 9.59 Å². The number of hydrogen-bond acceptors (Lipinski definition) is 8. The summed E-state index contributed by atoms with van der Waals surface area (Å²) in [6.07, 6.45) is 7.47. The number of fused-ring (bicyclic) bond motifs is 1. The van der Waals surface area contributed by atoms with Crippen molar-refractivity contribution >= 4 is 28.3 Å². The first-order valence-corrected chi connectivity index (χ1v) is 12.5. The normalized spacial score (nSPS) is 14.5. The van der Waals surface area contributed by atoms with Crippen LogP contribution in [0.2, 0.25) is 0 Å². The molecule has 0 atom stereocenters. The third-order valence-electron chi connectivity index (χ3n) is 6.40. The molecule has 0 unspecified atom stereocenters. The van der Waals surface area contributed by atoms with E-state index < -0.39 is 0 Å². The number of carbonyl (C=O) groups is 2. The standard InChI is InChI=1S/C27H32N8O2/c1-2-20(36)16-23(28)26(30)35-25(29)22-9-5-4-8-21(22)24(32-35)13-12-19-11-10-18(17-31-19)27(37)33-34-14-6-3-7-15-34/h4-5,8-11,16-17,29-30H,2-3,6-7,12-15,28H2,1H3,(H,33,37). The maximum Gasteiger partial charge on any atom is 0.267 e. The molecule has 3 heterocycles. The summed E-state index contributed by atoms with van der Waals surface area (Å²) in [5.74, 6) is -0.582. The van der Waals surface area contributed by atoms with Gasteiger partial charge in [-0.1, -0.05) is 37.6 Å². The van der Waals surface area contributed by atoms with Crippen molar-refractivity contribution in [3.8, 4) is 0 Å². The van der Waals surface area contributed by atoms with Crippen molar-refractivity contribution in [1.82, 2.24) is 25.2 Å². The molecule has 0 bridgehead atoms. The van der Waals surface area contributed by atoms with Crippen LogP contribution in [-0.4, -0.2) is 50.4 Å². The van der Waals surface area contributed by atoms with Crippen molar-refractivity contribution in [3.63, 3.8) is 0 Å². The first-order valence-electron chi connectivity index (χ1n) is 12.5. The van der Waals surface area contributed by atoms with Gasteiger partial charge in [0.1, 0.15) is 0 Å². The molecule has 10 nitrogen and oxygen atoms in total. The predicted octanol–water partition coefficient (Wildman–Crippen LogP) is 2.47. The Morgan fingerprint density at radius 3 is 2.49 bits per heavy atom. The van der Waals surface area contributed by atoms with Crippen molar-refractivity contribution in [3.05, 3.63) is 76.8 Å². The van der Waals surface area contributed by atoms with Gasteiger partial charge in [-0.2, -0.15) is 9.78 Å². The number of aromatic nitrogens is 3. The quantitative estimate of drug-likeness (QED) is 0.212. The number of hydrogen-bond donors (Lipinski definition) is 4. The van der Waals surface area contributed by atoms with E-state index in [0.717, 1.165) is 41.7 Å². The van der Waals surface area contributed by atoms with Gasteiger partial charge in [-0.05, 0) is 37.8 Å². The Hall–Kier alpha value is -4.18. The Morgan fingerprint density at radius 1 is 1.08 bits per heavy atom. The highest BCUT2D eigenvalue weighted by atomic mass is 16.2. The summed E-state index contributed by atoms with van der Waals surface area (Å²) in [6, 6.07) is 11.0. The predicted molar refractivity (Wildman–Crippen MR) is 141 cm³/mol. The Bertz CT molecular complexity index is 1400. The number of allylic oxidation sites excluding steroid dienone is 2. The van der Waals surface area contributed by atoms with E-state index in [-0.39, 0.29) is 35.1 Å². The van der Waals surface area contributed by atoms with Gasteiger partial charge >= 0.3 is 0 Å². The summed E-state index contributed by atoms with van der Waals surface area (Å²) in [5.41, 5.74) is 10.9. The lowest BCUT2D eigenvalue weighted by Gasteiger charge is -2.26. The molecule has 10 heteroatoms. The second-order valence-corrected chi connectivity index (χ2v) is 9.05. The van der Waals surface area contributed by atoms with Gasteiger partial charge in [0.15, 0.2) is 17.1 Å². The lowest BCUT2D eigenvalue weighted by atomic mass is 10.1. The van der Waals surface area contributed by atoms with E-state index in [4.69, 9.17) is 16.6 Å². The molecule has 1 fully saturated rings. The molecular formula is C27H32N8O2. The number of nitrogens with zero attached hydrogens (tertiary/aromatic N) is 4. The maximum atomic E-state index is 12.5. The number of ketones is 1. The number of benzene rings is 1. The van der Waals surface area contributed by atoms with Gasteiger partial charge in [0.2, 0.25) is 0 Å². The second kappa shape index (κ2) is 11.7. The van der Waals surface area contributed by atoms with E-state index in [0.29, 0.717) is 29.5 Å². The van der Waals surface area contributed by atoms with Crippen molar-refractivity contribution in [1.29, 1.82) is 10.8 Å². The molecule has 3 aromatic rings. The topological polar surface area (TPSA) is 154 Å². The number of pyridine rings is 1. The fourth-order valence-corrected chi connectivity index (χ4v) is 4.26. The Balaban J connectivity index is 1.53. The van der Waals surface area contributed by atoms with E-state index in [1.54, 1.807) is 25.3 Å². The third kappa shape index (κ3) is 6.15. The molecule has 1 amide bonds. The van der Waals surface area contributed by atoms with Crippen LogP contribution in [0.15, 0.2) is 54.4 Å². The first-order chi connectivity index (χ1) is 17.9. The smallest absolute Gasteiger partial charge is 0.267 e. The number of nitrogens with two attached hydrogens (primary N) is 1. The molecule has 4 rings (SSSR count). The fourth-order valence-electron chi connectivity index (χ4n) is 4.26. The number of rotatable bonds is 8. The monoisotopic (exact) mass is 500 g/mol. The van der Waals surface area contributed by atoms with E-state index in [1.807, 2.05) is 29.3 Å². The lowest BCUT2D eigenvalue weighted by Crippen LogP contribution is -2.45. The minimum atomic E-state index is -0.221. The zero-order valence-corrected chi connectivity index (χ0v) is 21.0. The Morgan fingerprint density at radius 2 is 1.81 bits per heavy atom. The van der Waals surface area contributed by atoms with Gasteiger partial charge in [0, 0.05) is 48.2 Å². The summed E-state index contributed by atoms with van der Waals surface area (Å²) >= 11 is 0. The molecule has 5 N–H and O–H groups in total. The highest BCUT2D eigenvalue weighted by Crippen LogP contribution is 2.16. The van der Waals surface area contributed by atoms with Crippen LogP contribution in [0.4, 0.5) is 0 Å². The molecule has 37 heavy (non-hydrogen) atoms. The molecular weight excluding hydrogens is 468 g/mol.